The van der Waals surface area contributed by atoms with E-state index in [1.54, 1.807) is 6.07 Å². The molecule has 37 heavy (non-hydrogen) atoms. The van der Waals surface area contributed by atoms with Crippen molar-refractivity contribution in [1.82, 2.24) is 34.6 Å². The molecule has 0 aliphatic carbocycles. The van der Waals surface area contributed by atoms with Crippen LogP contribution in [-0.4, -0.2) is 60.8 Å². The Labute approximate surface area is 206 Å². The zero-order chi connectivity index (χ0) is 26.2. The van der Waals surface area contributed by atoms with Gasteiger partial charge in [-0.25, -0.2) is 9.97 Å². The highest BCUT2D eigenvalue weighted by atomic mass is 19.4. The van der Waals surface area contributed by atoms with Crippen LogP contribution in [0.4, 0.5) is 26.3 Å². The van der Waals surface area contributed by atoms with Crippen LogP contribution in [-0.2, 0) is 13.1 Å². The normalized spacial score (nSPS) is 15.4. The van der Waals surface area contributed by atoms with Gasteiger partial charge in [-0.3, -0.25) is 9.67 Å². The maximum absolute atomic E-state index is 13.3. The molecule has 14 heteroatoms. The number of aromatic nitrogens is 6. The van der Waals surface area contributed by atoms with Gasteiger partial charge in [-0.15, -0.1) is 0 Å². The molecule has 196 valence electrons. The molecule has 1 fully saturated rings. The van der Waals surface area contributed by atoms with Gasteiger partial charge in [0.2, 0.25) is 5.88 Å². The minimum absolute atomic E-state index is 0.0465. The zero-order valence-corrected chi connectivity index (χ0v) is 19.2. The second kappa shape index (κ2) is 9.65. The third kappa shape index (κ3) is 6.01. The molecule has 0 atom stereocenters. The molecule has 1 aliphatic heterocycles. The molecule has 5 heterocycles. The number of ether oxygens (including phenoxy) is 1. The van der Waals surface area contributed by atoms with Gasteiger partial charge >= 0.3 is 12.4 Å². The number of rotatable bonds is 6. The lowest BCUT2D eigenvalue weighted by Gasteiger charge is -2.23. The summed E-state index contributed by atoms with van der Waals surface area (Å²) in [4.78, 5) is 12.8. The van der Waals surface area contributed by atoms with Crippen LogP contribution in [0.15, 0.2) is 43.2 Å². The van der Waals surface area contributed by atoms with Gasteiger partial charge in [0.1, 0.15) is 24.8 Å². The van der Waals surface area contributed by atoms with Crippen molar-refractivity contribution in [3.05, 3.63) is 43.2 Å². The first-order chi connectivity index (χ1) is 17.5. The highest BCUT2D eigenvalue weighted by Crippen LogP contribution is 2.34. The summed E-state index contributed by atoms with van der Waals surface area (Å²) in [5.41, 5.74) is 1.39. The smallest absolute Gasteiger partial charge is 0.408 e. The van der Waals surface area contributed by atoms with E-state index in [1.165, 1.54) is 37.2 Å². The lowest BCUT2D eigenvalue weighted by atomic mass is 10.1. The first-order valence-electron chi connectivity index (χ1n) is 11.4. The summed E-state index contributed by atoms with van der Waals surface area (Å²) in [5, 5.41) is 7.29. The lowest BCUT2D eigenvalue weighted by Crippen LogP contribution is -2.34. The van der Waals surface area contributed by atoms with Gasteiger partial charge in [-0.05, 0) is 32.0 Å². The molecule has 0 aromatic carbocycles. The van der Waals surface area contributed by atoms with Crippen molar-refractivity contribution in [2.75, 3.05) is 13.1 Å². The average molecular weight is 525 g/mol. The number of fused-ring (bicyclic) bond motifs is 1. The summed E-state index contributed by atoms with van der Waals surface area (Å²) in [5.74, 6) is 0.249. The third-order valence-electron chi connectivity index (χ3n) is 5.83. The summed E-state index contributed by atoms with van der Waals surface area (Å²) in [6.07, 6.45) is 0.453. The first kappa shape index (κ1) is 25.0. The van der Waals surface area contributed by atoms with Gasteiger partial charge in [0, 0.05) is 40.7 Å². The Morgan fingerprint density at radius 1 is 0.919 bits per heavy atom. The lowest BCUT2D eigenvalue weighted by molar-refractivity contribution is -0.142. The summed E-state index contributed by atoms with van der Waals surface area (Å²) in [6, 6.07) is 1.56. The van der Waals surface area contributed by atoms with Crippen LogP contribution in [0.2, 0.25) is 0 Å². The Kier molecular flexibility index (Phi) is 6.52. The number of hydrogen-bond donors (Lipinski definition) is 1. The fraction of sp³-hybridized carbons (Fsp3) is 0.391. The second-order valence-electron chi connectivity index (χ2n) is 8.73. The minimum Gasteiger partial charge on any atom is -0.473 e. The molecule has 5 rings (SSSR count). The number of hydrogen-bond acceptors (Lipinski definition) is 6. The van der Waals surface area contributed by atoms with E-state index in [1.807, 2.05) is 0 Å². The van der Waals surface area contributed by atoms with E-state index in [4.69, 9.17) is 4.74 Å². The fourth-order valence-electron chi connectivity index (χ4n) is 4.25. The second-order valence-corrected chi connectivity index (χ2v) is 8.73. The maximum Gasteiger partial charge on any atom is 0.408 e. The Morgan fingerprint density at radius 2 is 1.68 bits per heavy atom. The molecule has 1 N–H and O–H groups in total. The Hall–Kier alpha value is -3.68. The van der Waals surface area contributed by atoms with Crippen molar-refractivity contribution in [2.45, 2.75) is 44.4 Å². The van der Waals surface area contributed by atoms with Gasteiger partial charge in [-0.1, -0.05) is 0 Å². The van der Waals surface area contributed by atoms with E-state index in [0.717, 1.165) is 35.2 Å². The van der Waals surface area contributed by atoms with E-state index in [0.29, 0.717) is 22.1 Å². The molecule has 0 saturated carbocycles. The van der Waals surface area contributed by atoms with E-state index >= 15 is 0 Å². The fourth-order valence-corrected chi connectivity index (χ4v) is 4.25. The largest absolute Gasteiger partial charge is 0.473 e. The number of alkyl halides is 6. The molecule has 8 nitrogen and oxygen atoms in total. The van der Waals surface area contributed by atoms with Crippen LogP contribution < -0.4 is 10.1 Å². The third-order valence-corrected chi connectivity index (χ3v) is 5.83. The van der Waals surface area contributed by atoms with Crippen molar-refractivity contribution in [3.63, 3.8) is 0 Å². The number of piperidine rings is 1. The van der Waals surface area contributed by atoms with Crippen molar-refractivity contribution < 1.29 is 31.1 Å². The van der Waals surface area contributed by atoms with Crippen LogP contribution in [0.5, 0.6) is 5.88 Å². The van der Waals surface area contributed by atoms with Crippen molar-refractivity contribution >= 4 is 11.0 Å². The predicted octanol–water partition coefficient (Wildman–Crippen LogP) is 4.61. The van der Waals surface area contributed by atoms with Crippen molar-refractivity contribution in [3.8, 4) is 28.3 Å². The molecule has 4 aromatic rings. The van der Waals surface area contributed by atoms with Crippen LogP contribution in [0.3, 0.4) is 0 Å². The van der Waals surface area contributed by atoms with Gasteiger partial charge in [0.15, 0.2) is 0 Å². The molecular weight excluding hydrogens is 504 g/mol. The SMILES string of the molecule is FC(F)(F)Cn1cc(-c2cnc3c(c2)c(-c2cncc(OC4CCNCC4)n2)cn3CC(F)(F)F)cn1. The summed E-state index contributed by atoms with van der Waals surface area (Å²) in [7, 11) is 0. The first-order valence-corrected chi connectivity index (χ1v) is 11.4. The zero-order valence-electron chi connectivity index (χ0n) is 19.2. The van der Waals surface area contributed by atoms with Gasteiger partial charge in [0.25, 0.3) is 0 Å². The van der Waals surface area contributed by atoms with E-state index in [-0.39, 0.29) is 23.3 Å². The molecule has 0 spiro atoms. The Balaban J connectivity index is 1.54. The quantitative estimate of drug-likeness (QED) is 0.370. The van der Waals surface area contributed by atoms with Gasteiger partial charge in [-0.2, -0.15) is 31.4 Å². The monoisotopic (exact) mass is 525 g/mol. The average Bonchev–Trinajstić information content (AvgIpc) is 3.42. The maximum atomic E-state index is 13.3. The van der Waals surface area contributed by atoms with Crippen molar-refractivity contribution in [2.24, 2.45) is 0 Å². The number of nitrogens with zero attached hydrogens (tertiary/aromatic N) is 6. The topological polar surface area (TPSA) is 82.7 Å². The van der Waals surface area contributed by atoms with Crippen LogP contribution in [0.1, 0.15) is 12.8 Å². The molecule has 4 aromatic heterocycles. The Morgan fingerprint density at radius 3 is 2.41 bits per heavy atom. The van der Waals surface area contributed by atoms with E-state index in [9.17, 15) is 26.3 Å². The molecule has 1 saturated heterocycles. The summed E-state index contributed by atoms with van der Waals surface area (Å²) in [6.45, 7) is -0.944. The number of nitrogens with one attached hydrogen (secondary N) is 1. The molecule has 0 unspecified atom stereocenters. The van der Waals surface area contributed by atoms with E-state index in [2.05, 4.69) is 25.4 Å². The standard InChI is InChI=1S/C23H21F6N7O/c24-22(25,26)12-35-11-18(19-8-31-9-20(34-19)37-16-1-3-30-4-2-16)17-5-14(6-32-21(17)35)15-7-33-36(10-15)13-23(27,28)29/h5-11,16,30H,1-4,12-13H2. The molecule has 0 radical (unpaired) electrons. The summed E-state index contributed by atoms with van der Waals surface area (Å²) < 4.78 is 85.7. The minimum atomic E-state index is -4.51. The highest BCUT2D eigenvalue weighted by molar-refractivity contribution is 5.95. The van der Waals surface area contributed by atoms with Crippen LogP contribution >= 0.6 is 0 Å². The molecule has 0 amide bonds. The molecule has 0 bridgehead atoms. The van der Waals surface area contributed by atoms with Crippen LogP contribution in [0.25, 0.3) is 33.4 Å². The van der Waals surface area contributed by atoms with Gasteiger partial charge in [0.05, 0.1) is 24.3 Å². The number of halogens is 6. The molecular formula is C23H21F6N7O. The summed E-state index contributed by atoms with van der Waals surface area (Å²) >= 11 is 0. The van der Waals surface area contributed by atoms with Gasteiger partial charge < -0.3 is 14.6 Å². The van der Waals surface area contributed by atoms with E-state index < -0.39 is 25.4 Å². The Bertz CT molecular complexity index is 1390. The van der Waals surface area contributed by atoms with Crippen LogP contribution in [0, 0.1) is 0 Å². The van der Waals surface area contributed by atoms with Crippen molar-refractivity contribution in [1.29, 1.82) is 0 Å². The molecule has 1 aliphatic rings. The highest BCUT2D eigenvalue weighted by Gasteiger charge is 2.30. The number of pyridine rings is 1. The predicted molar refractivity (Wildman–Crippen MR) is 121 cm³/mol.